The largest absolute Gasteiger partial charge is 0.345 e. The first-order valence-corrected chi connectivity index (χ1v) is 12.0. The summed E-state index contributed by atoms with van der Waals surface area (Å²) in [5, 5.41) is 15.6. The van der Waals surface area contributed by atoms with E-state index in [0.29, 0.717) is 33.3 Å². The van der Waals surface area contributed by atoms with Gasteiger partial charge < -0.3 is 15.2 Å². The summed E-state index contributed by atoms with van der Waals surface area (Å²) in [5.74, 6) is 0.192. The van der Waals surface area contributed by atoms with Crippen LogP contribution in [0, 0.1) is 6.92 Å². The molecule has 0 aliphatic heterocycles. The lowest BCUT2D eigenvalue weighted by Gasteiger charge is -2.09. The molecule has 34 heavy (non-hydrogen) atoms. The van der Waals surface area contributed by atoms with Gasteiger partial charge in [0.1, 0.15) is 0 Å². The van der Waals surface area contributed by atoms with E-state index in [4.69, 9.17) is 23.2 Å². The smallest absolute Gasteiger partial charge is 0.244 e. The topological polar surface area (TPSA) is 88.9 Å². The lowest BCUT2D eigenvalue weighted by atomic mass is 10.2. The van der Waals surface area contributed by atoms with Gasteiger partial charge in [0.2, 0.25) is 11.8 Å². The Kier molecular flexibility index (Phi) is 9.33. The number of thioether (sulfide) groups is 1. The number of aryl methyl sites for hydroxylation is 1. The number of nitrogens with zero attached hydrogens (tertiary/aromatic N) is 3. The highest BCUT2D eigenvalue weighted by Crippen LogP contribution is 2.22. The standard InChI is InChI=1S/C24H23Cl2N5O2S/c1-3-12-31-21(14-27-22(32)11-9-17-6-4-5-7-19(17)25)29-30-24(31)34-15-23(33)28-18-10-8-16(2)20(26)13-18/h3-11,13H,1,12,14-15H2,2H3,(H,27,32)(H,28,33)/b11-9+. The summed E-state index contributed by atoms with van der Waals surface area (Å²) in [6.07, 6.45) is 4.75. The van der Waals surface area contributed by atoms with Crippen molar-refractivity contribution in [3.63, 3.8) is 0 Å². The predicted molar refractivity (Wildman–Crippen MR) is 138 cm³/mol. The van der Waals surface area contributed by atoms with Crippen molar-refractivity contribution in [2.75, 3.05) is 11.1 Å². The van der Waals surface area contributed by atoms with E-state index in [1.54, 1.807) is 34.9 Å². The zero-order valence-corrected chi connectivity index (χ0v) is 20.8. The summed E-state index contributed by atoms with van der Waals surface area (Å²) in [5.41, 5.74) is 2.31. The Hall–Kier alpha value is -3.07. The Labute approximate surface area is 212 Å². The van der Waals surface area contributed by atoms with E-state index in [2.05, 4.69) is 27.4 Å². The zero-order valence-electron chi connectivity index (χ0n) is 18.4. The quantitative estimate of drug-likeness (QED) is 0.221. The minimum absolute atomic E-state index is 0.133. The molecule has 0 unspecified atom stereocenters. The molecule has 2 N–H and O–H groups in total. The molecule has 10 heteroatoms. The van der Waals surface area contributed by atoms with Gasteiger partial charge in [-0.05, 0) is 42.3 Å². The minimum atomic E-state index is -0.293. The van der Waals surface area contributed by atoms with Gasteiger partial charge in [0.05, 0.1) is 12.3 Å². The van der Waals surface area contributed by atoms with Crippen LogP contribution in [0.15, 0.2) is 66.4 Å². The van der Waals surface area contributed by atoms with E-state index in [9.17, 15) is 9.59 Å². The highest BCUT2D eigenvalue weighted by atomic mass is 35.5. The van der Waals surface area contributed by atoms with Crippen molar-refractivity contribution in [2.45, 2.75) is 25.2 Å². The lowest BCUT2D eigenvalue weighted by Crippen LogP contribution is -2.23. The number of amides is 2. The molecule has 0 spiro atoms. The Balaban J connectivity index is 1.57. The van der Waals surface area contributed by atoms with Gasteiger partial charge in [-0.2, -0.15) is 0 Å². The Morgan fingerprint density at radius 1 is 1.15 bits per heavy atom. The zero-order chi connectivity index (χ0) is 24.5. The normalized spacial score (nSPS) is 10.9. The van der Waals surface area contributed by atoms with Gasteiger partial charge in [-0.25, -0.2) is 0 Å². The van der Waals surface area contributed by atoms with Crippen LogP contribution in [0.3, 0.4) is 0 Å². The number of hydrogen-bond acceptors (Lipinski definition) is 5. The van der Waals surface area contributed by atoms with Crippen LogP contribution in [0.2, 0.25) is 10.0 Å². The summed E-state index contributed by atoms with van der Waals surface area (Å²) in [6, 6.07) is 12.6. The van der Waals surface area contributed by atoms with Crippen LogP contribution in [-0.4, -0.2) is 32.3 Å². The lowest BCUT2D eigenvalue weighted by molar-refractivity contribution is -0.116. The third kappa shape index (κ3) is 7.21. The van der Waals surface area contributed by atoms with Crippen molar-refractivity contribution in [2.24, 2.45) is 0 Å². The second-order valence-electron chi connectivity index (χ2n) is 7.17. The predicted octanol–water partition coefficient (Wildman–Crippen LogP) is 5.14. The van der Waals surface area contributed by atoms with E-state index in [-0.39, 0.29) is 24.1 Å². The molecule has 0 aliphatic rings. The average molecular weight is 516 g/mol. The second kappa shape index (κ2) is 12.4. The van der Waals surface area contributed by atoms with Crippen LogP contribution in [-0.2, 0) is 22.7 Å². The molecular formula is C24H23Cl2N5O2S. The third-order valence-corrected chi connectivity index (χ3v) is 6.35. The maximum atomic E-state index is 12.4. The van der Waals surface area contributed by atoms with Gasteiger partial charge in [0.25, 0.3) is 0 Å². The van der Waals surface area contributed by atoms with Gasteiger partial charge in [-0.1, -0.05) is 65.3 Å². The number of carbonyl (C=O) groups excluding carboxylic acids is 2. The number of allylic oxidation sites excluding steroid dienone is 1. The number of benzene rings is 2. The summed E-state index contributed by atoms with van der Waals surface area (Å²) >= 11 is 13.5. The highest BCUT2D eigenvalue weighted by Gasteiger charge is 2.14. The number of halogens is 2. The molecule has 2 amide bonds. The van der Waals surface area contributed by atoms with Crippen LogP contribution < -0.4 is 10.6 Å². The molecule has 0 aliphatic carbocycles. The van der Waals surface area contributed by atoms with Crippen LogP contribution in [0.4, 0.5) is 5.69 Å². The molecule has 0 saturated heterocycles. The van der Waals surface area contributed by atoms with Crippen LogP contribution >= 0.6 is 35.0 Å². The Morgan fingerprint density at radius 2 is 1.94 bits per heavy atom. The van der Waals surface area contributed by atoms with E-state index >= 15 is 0 Å². The fourth-order valence-electron chi connectivity index (χ4n) is 2.87. The summed E-state index contributed by atoms with van der Waals surface area (Å²) in [4.78, 5) is 24.6. The first kappa shape index (κ1) is 25.6. The molecule has 1 aromatic heterocycles. The maximum Gasteiger partial charge on any atom is 0.244 e. The molecule has 176 valence electrons. The van der Waals surface area contributed by atoms with Crippen molar-refractivity contribution in [3.8, 4) is 0 Å². The molecule has 0 fully saturated rings. The fraction of sp³-hybridized carbons (Fsp3) is 0.167. The minimum Gasteiger partial charge on any atom is -0.345 e. The van der Waals surface area contributed by atoms with Crippen molar-refractivity contribution in [1.29, 1.82) is 0 Å². The van der Waals surface area contributed by atoms with Crippen LogP contribution in [0.25, 0.3) is 6.08 Å². The monoisotopic (exact) mass is 515 g/mol. The number of nitrogens with one attached hydrogen (secondary N) is 2. The SMILES string of the molecule is C=CCn1c(CNC(=O)/C=C/c2ccccc2Cl)nnc1SCC(=O)Nc1ccc(C)c(Cl)c1. The van der Waals surface area contributed by atoms with E-state index in [1.807, 2.05) is 31.2 Å². The molecule has 1 heterocycles. The summed E-state index contributed by atoms with van der Waals surface area (Å²) in [6.45, 7) is 6.26. The van der Waals surface area contributed by atoms with Gasteiger partial charge >= 0.3 is 0 Å². The van der Waals surface area contributed by atoms with Crippen molar-refractivity contribution in [3.05, 3.63) is 88.2 Å². The first-order valence-electron chi connectivity index (χ1n) is 10.3. The third-order valence-electron chi connectivity index (χ3n) is 4.63. The Bertz CT molecular complexity index is 1230. The molecule has 2 aromatic carbocycles. The number of rotatable bonds is 10. The van der Waals surface area contributed by atoms with Crippen molar-refractivity contribution >= 4 is 58.5 Å². The molecule has 7 nitrogen and oxygen atoms in total. The van der Waals surface area contributed by atoms with Gasteiger partial charge in [-0.15, -0.1) is 16.8 Å². The first-order chi connectivity index (χ1) is 16.4. The number of aromatic nitrogens is 3. The molecule has 0 radical (unpaired) electrons. The Morgan fingerprint density at radius 3 is 2.68 bits per heavy atom. The highest BCUT2D eigenvalue weighted by molar-refractivity contribution is 7.99. The maximum absolute atomic E-state index is 12.4. The molecule has 0 saturated carbocycles. The molecular weight excluding hydrogens is 493 g/mol. The molecule has 0 atom stereocenters. The molecule has 0 bridgehead atoms. The summed E-state index contributed by atoms with van der Waals surface area (Å²) < 4.78 is 1.80. The fourth-order valence-corrected chi connectivity index (χ4v) is 4.01. The van der Waals surface area contributed by atoms with Gasteiger partial charge in [0.15, 0.2) is 11.0 Å². The van der Waals surface area contributed by atoms with Gasteiger partial charge in [-0.3, -0.25) is 9.59 Å². The van der Waals surface area contributed by atoms with Crippen LogP contribution in [0.5, 0.6) is 0 Å². The van der Waals surface area contributed by atoms with E-state index in [0.717, 1.165) is 11.1 Å². The number of carbonyl (C=O) groups is 2. The van der Waals surface area contributed by atoms with E-state index < -0.39 is 0 Å². The van der Waals surface area contributed by atoms with Crippen molar-refractivity contribution in [1.82, 2.24) is 20.1 Å². The van der Waals surface area contributed by atoms with Crippen LogP contribution in [0.1, 0.15) is 17.0 Å². The van der Waals surface area contributed by atoms with E-state index in [1.165, 1.54) is 17.8 Å². The average Bonchev–Trinajstić information content (AvgIpc) is 3.20. The number of anilines is 1. The van der Waals surface area contributed by atoms with Crippen molar-refractivity contribution < 1.29 is 9.59 Å². The number of hydrogen-bond donors (Lipinski definition) is 2. The molecule has 3 rings (SSSR count). The van der Waals surface area contributed by atoms with Gasteiger partial charge in [0, 0.05) is 28.4 Å². The molecule has 3 aromatic rings. The summed E-state index contributed by atoms with van der Waals surface area (Å²) in [7, 11) is 0. The second-order valence-corrected chi connectivity index (χ2v) is 8.93.